The Bertz CT molecular complexity index is 360. The minimum absolute atomic E-state index is 0.257. The van der Waals surface area contributed by atoms with Crippen LogP contribution in [-0.2, 0) is 9.47 Å². The average molecular weight is 263 g/mol. The Morgan fingerprint density at radius 3 is 2.47 bits per heavy atom. The number of likely N-dealkylation sites (N-methyl/N-ethyl adjacent to an activating group) is 1. The number of rotatable bonds is 8. The van der Waals surface area contributed by atoms with Gasteiger partial charge < -0.3 is 14.8 Å². The highest BCUT2D eigenvalue weighted by atomic mass is 16.5. The van der Waals surface area contributed by atoms with Crippen LogP contribution in [0.15, 0.2) is 24.3 Å². The lowest BCUT2D eigenvalue weighted by Gasteiger charge is -2.26. The summed E-state index contributed by atoms with van der Waals surface area (Å²) in [5.74, 6) is 0.806. The first-order chi connectivity index (χ1) is 9.35. The summed E-state index contributed by atoms with van der Waals surface area (Å²) in [6.07, 6.45) is 4.10. The van der Waals surface area contributed by atoms with Crippen molar-refractivity contribution in [1.82, 2.24) is 5.32 Å². The average Bonchev–Trinajstić information content (AvgIpc) is 2.38. The molecule has 0 saturated heterocycles. The third kappa shape index (κ3) is 4.03. The van der Waals surface area contributed by atoms with Crippen molar-refractivity contribution in [3.05, 3.63) is 35.4 Å². The van der Waals surface area contributed by atoms with Gasteiger partial charge in [0, 0.05) is 7.11 Å². The minimum atomic E-state index is 0.257. The second-order valence-corrected chi connectivity index (χ2v) is 5.20. The first-order valence-electron chi connectivity index (χ1n) is 7.19. The molecule has 0 radical (unpaired) electrons. The van der Waals surface area contributed by atoms with E-state index in [1.165, 1.54) is 30.4 Å². The maximum Gasteiger partial charge on any atom is 0.0701 e. The van der Waals surface area contributed by atoms with Gasteiger partial charge in [0.15, 0.2) is 0 Å². The number of methoxy groups -OCH3 is 1. The molecule has 0 aromatic heterocycles. The summed E-state index contributed by atoms with van der Waals surface area (Å²) in [7, 11) is 3.67. The molecule has 0 aliphatic heterocycles. The first-order valence-corrected chi connectivity index (χ1v) is 7.19. The molecule has 0 spiro atoms. The lowest BCUT2D eigenvalue weighted by Crippen LogP contribution is -2.22. The lowest BCUT2D eigenvalue weighted by molar-refractivity contribution is 0.0596. The van der Waals surface area contributed by atoms with Crippen LogP contribution in [0.4, 0.5) is 0 Å². The quantitative estimate of drug-likeness (QED) is 0.732. The molecule has 1 atom stereocenters. The topological polar surface area (TPSA) is 30.5 Å². The van der Waals surface area contributed by atoms with Gasteiger partial charge in [-0.2, -0.15) is 0 Å². The standard InChI is InChI=1S/C16H25NO2/c1-17-16(12-19-11-10-18-2)15-8-6-14(7-9-15)13-4-3-5-13/h6-9,13,16-17H,3-5,10-12H2,1-2H3. The largest absolute Gasteiger partial charge is 0.382 e. The molecule has 19 heavy (non-hydrogen) atoms. The van der Waals surface area contributed by atoms with E-state index in [0.29, 0.717) is 19.8 Å². The van der Waals surface area contributed by atoms with Gasteiger partial charge in [-0.25, -0.2) is 0 Å². The predicted octanol–water partition coefficient (Wildman–Crippen LogP) is 2.88. The fourth-order valence-corrected chi connectivity index (χ4v) is 2.43. The molecule has 1 aromatic carbocycles. The van der Waals surface area contributed by atoms with Crippen molar-refractivity contribution >= 4 is 0 Å². The number of ether oxygens (including phenoxy) is 2. The molecule has 0 heterocycles. The van der Waals surface area contributed by atoms with Crippen LogP contribution in [0.25, 0.3) is 0 Å². The van der Waals surface area contributed by atoms with Crippen molar-refractivity contribution in [3.8, 4) is 0 Å². The van der Waals surface area contributed by atoms with Crippen molar-refractivity contribution in [2.75, 3.05) is 34.0 Å². The molecule has 3 heteroatoms. The normalized spacial score (nSPS) is 17.2. The van der Waals surface area contributed by atoms with Crippen LogP contribution in [-0.4, -0.2) is 34.0 Å². The summed E-state index contributed by atoms with van der Waals surface area (Å²) in [5, 5.41) is 3.31. The Hall–Kier alpha value is -0.900. The smallest absolute Gasteiger partial charge is 0.0701 e. The van der Waals surface area contributed by atoms with Gasteiger partial charge >= 0.3 is 0 Å². The van der Waals surface area contributed by atoms with E-state index in [1.54, 1.807) is 7.11 Å². The molecule has 1 aliphatic carbocycles. The minimum Gasteiger partial charge on any atom is -0.382 e. The fourth-order valence-electron chi connectivity index (χ4n) is 2.43. The van der Waals surface area contributed by atoms with Crippen LogP contribution in [0.2, 0.25) is 0 Å². The monoisotopic (exact) mass is 263 g/mol. The van der Waals surface area contributed by atoms with Crippen LogP contribution < -0.4 is 5.32 Å². The molecule has 1 aromatic rings. The molecule has 1 saturated carbocycles. The van der Waals surface area contributed by atoms with Crippen molar-refractivity contribution in [1.29, 1.82) is 0 Å². The molecular weight excluding hydrogens is 238 g/mol. The van der Waals surface area contributed by atoms with Gasteiger partial charge in [0.25, 0.3) is 0 Å². The highest BCUT2D eigenvalue weighted by Crippen LogP contribution is 2.36. The number of nitrogens with one attached hydrogen (secondary N) is 1. The van der Waals surface area contributed by atoms with E-state index in [0.717, 1.165) is 5.92 Å². The second kappa shape index (κ2) is 7.63. The Morgan fingerprint density at radius 2 is 1.95 bits per heavy atom. The number of benzene rings is 1. The van der Waals surface area contributed by atoms with E-state index in [2.05, 4.69) is 29.6 Å². The zero-order valence-corrected chi connectivity index (χ0v) is 12.0. The molecule has 3 nitrogen and oxygen atoms in total. The molecule has 1 fully saturated rings. The second-order valence-electron chi connectivity index (χ2n) is 5.20. The summed E-state index contributed by atoms with van der Waals surface area (Å²) in [5.41, 5.74) is 2.79. The fraction of sp³-hybridized carbons (Fsp3) is 0.625. The molecule has 0 bridgehead atoms. The highest BCUT2D eigenvalue weighted by molar-refractivity contribution is 5.28. The van der Waals surface area contributed by atoms with Crippen molar-refractivity contribution in [2.45, 2.75) is 31.2 Å². The molecule has 1 N–H and O–H groups in total. The van der Waals surface area contributed by atoms with E-state index in [9.17, 15) is 0 Å². The zero-order valence-electron chi connectivity index (χ0n) is 12.0. The Labute approximate surface area is 116 Å². The van der Waals surface area contributed by atoms with Crippen molar-refractivity contribution in [2.24, 2.45) is 0 Å². The Kier molecular flexibility index (Phi) is 5.83. The molecule has 1 aliphatic rings. The van der Waals surface area contributed by atoms with E-state index in [4.69, 9.17) is 9.47 Å². The van der Waals surface area contributed by atoms with Crippen LogP contribution in [0.3, 0.4) is 0 Å². The van der Waals surface area contributed by atoms with E-state index >= 15 is 0 Å². The molecule has 0 amide bonds. The first kappa shape index (κ1) is 14.5. The molecule has 2 rings (SSSR count). The third-order valence-electron chi connectivity index (χ3n) is 3.98. The van der Waals surface area contributed by atoms with Crippen molar-refractivity contribution < 1.29 is 9.47 Å². The van der Waals surface area contributed by atoms with Gasteiger partial charge in [-0.15, -0.1) is 0 Å². The van der Waals surface area contributed by atoms with Gasteiger partial charge in [0.2, 0.25) is 0 Å². The summed E-state index contributed by atoms with van der Waals surface area (Å²) >= 11 is 0. The highest BCUT2D eigenvalue weighted by Gasteiger charge is 2.19. The molecular formula is C16H25NO2. The Morgan fingerprint density at radius 1 is 1.21 bits per heavy atom. The van der Waals surface area contributed by atoms with E-state index in [-0.39, 0.29) is 6.04 Å². The maximum absolute atomic E-state index is 5.60. The zero-order chi connectivity index (χ0) is 13.5. The SMILES string of the molecule is CNC(COCCOC)c1ccc(C2CCC2)cc1. The van der Waals surface area contributed by atoms with Crippen LogP contribution in [0.1, 0.15) is 42.3 Å². The van der Waals surface area contributed by atoms with Crippen LogP contribution in [0, 0.1) is 0 Å². The third-order valence-corrected chi connectivity index (χ3v) is 3.98. The van der Waals surface area contributed by atoms with Gasteiger partial charge in [-0.3, -0.25) is 0 Å². The van der Waals surface area contributed by atoms with Gasteiger partial charge in [0.1, 0.15) is 0 Å². The van der Waals surface area contributed by atoms with Crippen molar-refractivity contribution in [3.63, 3.8) is 0 Å². The van der Waals surface area contributed by atoms with E-state index < -0.39 is 0 Å². The van der Waals surface area contributed by atoms with Crippen LogP contribution >= 0.6 is 0 Å². The van der Waals surface area contributed by atoms with Gasteiger partial charge in [-0.1, -0.05) is 30.7 Å². The predicted molar refractivity (Wildman–Crippen MR) is 77.5 cm³/mol. The Balaban J connectivity index is 1.86. The van der Waals surface area contributed by atoms with Crippen LogP contribution in [0.5, 0.6) is 0 Å². The number of hydrogen-bond acceptors (Lipinski definition) is 3. The summed E-state index contributed by atoms with van der Waals surface area (Å²) < 4.78 is 10.6. The maximum atomic E-state index is 5.60. The molecule has 106 valence electrons. The lowest BCUT2D eigenvalue weighted by atomic mass is 9.80. The van der Waals surface area contributed by atoms with Gasteiger partial charge in [0.05, 0.1) is 25.9 Å². The summed E-state index contributed by atoms with van der Waals surface area (Å²) in [6.45, 7) is 1.98. The number of hydrogen-bond donors (Lipinski definition) is 1. The van der Waals surface area contributed by atoms with E-state index in [1.807, 2.05) is 7.05 Å². The summed E-state index contributed by atoms with van der Waals surface area (Å²) in [4.78, 5) is 0. The molecule has 1 unspecified atom stereocenters. The summed E-state index contributed by atoms with van der Waals surface area (Å²) in [6, 6.07) is 9.27. The van der Waals surface area contributed by atoms with Gasteiger partial charge in [-0.05, 0) is 36.9 Å².